The number of pyridine rings is 1. The van der Waals surface area contributed by atoms with Crippen LogP contribution < -0.4 is 0 Å². The number of benzene rings is 2. The summed E-state index contributed by atoms with van der Waals surface area (Å²) in [4.78, 5) is 21.8. The zero-order valence-electron chi connectivity index (χ0n) is 16.8. The Hall–Kier alpha value is -3.32. The van der Waals surface area contributed by atoms with Gasteiger partial charge in [0.2, 0.25) is 0 Å². The molecule has 0 bridgehead atoms. The standard InChI is InChI=1S/C24H14Cl3N3O3/c25-14-5-4-13(17(26)9-14)12-30-19-7-6-15(31)10-16(19)21(23(30)27)22(32)24-29-11-20(33-24)18-3-1-2-8-28-18/h1-11,31H,12H2. The zero-order valence-corrected chi connectivity index (χ0v) is 19.1. The van der Waals surface area contributed by atoms with Crippen molar-refractivity contribution < 1.29 is 14.3 Å². The number of phenols is 1. The molecule has 0 amide bonds. The van der Waals surface area contributed by atoms with Gasteiger partial charge in [0.1, 0.15) is 16.6 Å². The van der Waals surface area contributed by atoms with Crippen molar-refractivity contribution in [1.29, 1.82) is 0 Å². The van der Waals surface area contributed by atoms with E-state index >= 15 is 0 Å². The molecule has 0 atom stereocenters. The molecule has 5 aromatic rings. The average Bonchev–Trinajstić information content (AvgIpc) is 3.39. The van der Waals surface area contributed by atoms with Crippen LogP contribution in [0.1, 0.15) is 21.8 Å². The van der Waals surface area contributed by atoms with Gasteiger partial charge in [0.05, 0.1) is 23.8 Å². The highest BCUT2D eigenvalue weighted by Gasteiger charge is 2.27. The van der Waals surface area contributed by atoms with E-state index in [0.29, 0.717) is 32.4 Å². The monoisotopic (exact) mass is 497 g/mol. The van der Waals surface area contributed by atoms with Gasteiger partial charge in [-0.2, -0.15) is 0 Å². The summed E-state index contributed by atoms with van der Waals surface area (Å²) in [6.07, 6.45) is 3.06. The van der Waals surface area contributed by atoms with Crippen LogP contribution in [0.5, 0.6) is 5.75 Å². The molecule has 5 rings (SSSR count). The minimum Gasteiger partial charge on any atom is -0.508 e. The van der Waals surface area contributed by atoms with Gasteiger partial charge >= 0.3 is 0 Å². The van der Waals surface area contributed by atoms with Crippen LogP contribution in [0.4, 0.5) is 0 Å². The number of hydrogen-bond donors (Lipinski definition) is 1. The molecule has 164 valence electrons. The topological polar surface area (TPSA) is 81.2 Å². The minimum atomic E-state index is -0.515. The van der Waals surface area contributed by atoms with E-state index in [1.165, 1.54) is 18.3 Å². The lowest BCUT2D eigenvalue weighted by Gasteiger charge is -2.09. The second-order valence-corrected chi connectivity index (χ2v) is 8.46. The van der Waals surface area contributed by atoms with Gasteiger partial charge in [0.25, 0.3) is 11.7 Å². The fourth-order valence-corrected chi connectivity index (χ4v) is 4.42. The van der Waals surface area contributed by atoms with Crippen molar-refractivity contribution in [3.05, 3.63) is 99.2 Å². The Bertz CT molecular complexity index is 1510. The molecule has 6 nitrogen and oxygen atoms in total. The predicted octanol–water partition coefficient (Wildman–Crippen LogP) is 6.64. The third-order valence-corrected chi connectivity index (χ3v) is 6.15. The number of rotatable bonds is 5. The normalized spacial score (nSPS) is 11.2. The number of hydrogen-bond acceptors (Lipinski definition) is 5. The van der Waals surface area contributed by atoms with E-state index in [9.17, 15) is 9.90 Å². The van der Waals surface area contributed by atoms with Gasteiger partial charge in [-0.15, -0.1) is 0 Å². The van der Waals surface area contributed by atoms with Crippen molar-refractivity contribution in [1.82, 2.24) is 14.5 Å². The highest BCUT2D eigenvalue weighted by molar-refractivity contribution is 6.37. The number of oxazole rings is 1. The number of fused-ring (bicyclic) bond motifs is 1. The van der Waals surface area contributed by atoms with E-state index in [1.807, 2.05) is 6.07 Å². The smallest absolute Gasteiger partial charge is 0.269 e. The quantitative estimate of drug-likeness (QED) is 0.275. The second-order valence-electron chi connectivity index (χ2n) is 7.26. The molecule has 0 fully saturated rings. The third kappa shape index (κ3) is 3.97. The van der Waals surface area contributed by atoms with Gasteiger partial charge in [0, 0.05) is 21.6 Å². The average molecular weight is 499 g/mol. The molecule has 3 heterocycles. The molecular weight excluding hydrogens is 485 g/mol. The van der Waals surface area contributed by atoms with E-state index in [0.717, 1.165) is 5.56 Å². The number of phenolic OH excluding ortho intramolecular Hbond substituents is 1. The maximum Gasteiger partial charge on any atom is 0.269 e. The maximum atomic E-state index is 13.4. The number of aromatic hydroxyl groups is 1. The Balaban J connectivity index is 1.61. The van der Waals surface area contributed by atoms with Crippen LogP contribution in [-0.2, 0) is 6.54 Å². The molecular formula is C24H14Cl3N3O3. The Morgan fingerprint density at radius 2 is 1.88 bits per heavy atom. The first-order valence-electron chi connectivity index (χ1n) is 9.79. The van der Waals surface area contributed by atoms with Gasteiger partial charge in [0.15, 0.2) is 5.76 Å². The summed E-state index contributed by atoms with van der Waals surface area (Å²) in [6.45, 7) is 0.286. The summed E-state index contributed by atoms with van der Waals surface area (Å²) in [5, 5.41) is 11.7. The van der Waals surface area contributed by atoms with Crippen LogP contribution in [0.25, 0.3) is 22.4 Å². The van der Waals surface area contributed by atoms with Crippen molar-refractivity contribution in [2.75, 3.05) is 0 Å². The Labute approximate surface area is 203 Å². The molecule has 0 aliphatic rings. The molecule has 0 unspecified atom stereocenters. The van der Waals surface area contributed by atoms with Crippen LogP contribution in [0.3, 0.4) is 0 Å². The van der Waals surface area contributed by atoms with Gasteiger partial charge < -0.3 is 14.1 Å². The summed E-state index contributed by atoms with van der Waals surface area (Å²) in [5.41, 5.74) is 2.12. The first-order chi connectivity index (χ1) is 15.9. The van der Waals surface area contributed by atoms with Gasteiger partial charge in [-0.1, -0.05) is 46.9 Å². The van der Waals surface area contributed by atoms with Gasteiger partial charge in [-0.25, -0.2) is 4.98 Å². The highest BCUT2D eigenvalue weighted by atomic mass is 35.5. The largest absolute Gasteiger partial charge is 0.508 e. The lowest BCUT2D eigenvalue weighted by Crippen LogP contribution is -2.04. The molecule has 2 aromatic carbocycles. The van der Waals surface area contributed by atoms with Crippen molar-refractivity contribution in [3.63, 3.8) is 0 Å². The number of halogens is 3. The van der Waals surface area contributed by atoms with E-state index in [-0.39, 0.29) is 28.9 Å². The lowest BCUT2D eigenvalue weighted by atomic mass is 10.1. The van der Waals surface area contributed by atoms with E-state index < -0.39 is 5.78 Å². The number of ketones is 1. The predicted molar refractivity (Wildman–Crippen MR) is 127 cm³/mol. The molecule has 0 radical (unpaired) electrons. The van der Waals surface area contributed by atoms with Gasteiger partial charge in [-0.05, 0) is 48.0 Å². The molecule has 3 aromatic heterocycles. The van der Waals surface area contributed by atoms with E-state index in [1.54, 1.807) is 47.2 Å². The lowest BCUT2D eigenvalue weighted by molar-refractivity contribution is 0.100. The highest BCUT2D eigenvalue weighted by Crippen LogP contribution is 2.36. The molecule has 0 aliphatic heterocycles. The van der Waals surface area contributed by atoms with Crippen LogP contribution in [-0.4, -0.2) is 25.4 Å². The second kappa shape index (κ2) is 8.56. The summed E-state index contributed by atoms with van der Waals surface area (Å²) < 4.78 is 7.43. The molecule has 1 N–H and O–H groups in total. The number of nitrogens with zero attached hydrogens (tertiary/aromatic N) is 3. The van der Waals surface area contributed by atoms with E-state index in [2.05, 4.69) is 9.97 Å². The summed E-state index contributed by atoms with van der Waals surface area (Å²) in [5.74, 6) is -0.297. The summed E-state index contributed by atoms with van der Waals surface area (Å²) in [6, 6.07) is 15.2. The molecule has 0 spiro atoms. The fourth-order valence-electron chi connectivity index (χ4n) is 3.62. The Morgan fingerprint density at radius 3 is 2.64 bits per heavy atom. The van der Waals surface area contributed by atoms with Crippen LogP contribution in [0, 0.1) is 0 Å². The van der Waals surface area contributed by atoms with Crippen molar-refractivity contribution in [2.45, 2.75) is 6.54 Å². The first kappa shape index (κ1) is 21.5. The maximum absolute atomic E-state index is 13.4. The summed E-state index contributed by atoms with van der Waals surface area (Å²) >= 11 is 19.1. The van der Waals surface area contributed by atoms with Crippen LogP contribution in [0.2, 0.25) is 15.2 Å². The zero-order chi connectivity index (χ0) is 23.1. The van der Waals surface area contributed by atoms with Gasteiger partial charge in [-0.3, -0.25) is 9.78 Å². The van der Waals surface area contributed by atoms with Crippen LogP contribution >= 0.6 is 34.8 Å². The van der Waals surface area contributed by atoms with Crippen molar-refractivity contribution >= 4 is 51.5 Å². The molecule has 0 aliphatic carbocycles. The molecule has 33 heavy (non-hydrogen) atoms. The first-order valence-corrected chi connectivity index (χ1v) is 10.9. The molecule has 0 saturated carbocycles. The fraction of sp³-hybridized carbons (Fsp3) is 0.0417. The Morgan fingerprint density at radius 1 is 1.03 bits per heavy atom. The third-order valence-electron chi connectivity index (χ3n) is 5.17. The van der Waals surface area contributed by atoms with Crippen LogP contribution in [0.15, 0.2) is 71.4 Å². The van der Waals surface area contributed by atoms with Crippen molar-refractivity contribution in [2.24, 2.45) is 0 Å². The number of carbonyl (C=O) groups excluding carboxylic acids is 1. The SMILES string of the molecule is O=C(c1ncc(-c2ccccn2)o1)c1c(Cl)n(Cc2ccc(Cl)cc2Cl)c2ccc(O)cc12. The number of carbonyl (C=O) groups is 1. The molecule has 0 saturated heterocycles. The van der Waals surface area contributed by atoms with Crippen molar-refractivity contribution in [3.8, 4) is 17.2 Å². The number of aromatic nitrogens is 3. The minimum absolute atomic E-state index is 0.00327. The molecule has 9 heteroatoms. The Kier molecular flexibility index (Phi) is 5.58. The summed E-state index contributed by atoms with van der Waals surface area (Å²) in [7, 11) is 0. The van der Waals surface area contributed by atoms with E-state index in [4.69, 9.17) is 39.2 Å².